The van der Waals surface area contributed by atoms with Gasteiger partial charge in [0.15, 0.2) is 11.5 Å². The minimum absolute atomic E-state index is 0.0484. The van der Waals surface area contributed by atoms with E-state index in [0.717, 1.165) is 31.2 Å². The number of aromatic nitrogens is 5. The molecular weight excluding hydrogens is 415 g/mol. The molecule has 1 aliphatic rings. The first-order chi connectivity index (χ1) is 15.7. The molecule has 4 aromatic rings. The number of anilines is 1. The molecule has 4 aromatic heterocycles. The van der Waals surface area contributed by atoms with Gasteiger partial charge in [0.2, 0.25) is 11.8 Å². The highest BCUT2D eigenvalue weighted by atomic mass is 19.1. The fourth-order valence-corrected chi connectivity index (χ4v) is 4.35. The lowest BCUT2D eigenvalue weighted by Crippen LogP contribution is -2.30. The molecule has 10 heteroatoms. The summed E-state index contributed by atoms with van der Waals surface area (Å²) >= 11 is 0. The molecule has 3 N–H and O–H groups in total. The summed E-state index contributed by atoms with van der Waals surface area (Å²) in [5, 5.41) is 13.0. The van der Waals surface area contributed by atoms with Gasteiger partial charge >= 0.3 is 0 Å². The molecule has 0 saturated heterocycles. The van der Waals surface area contributed by atoms with Gasteiger partial charge in [0.25, 0.3) is 0 Å². The van der Waals surface area contributed by atoms with Crippen LogP contribution >= 0.6 is 0 Å². The standard InChI is InChI=1S/C22H25FN6O3/c1-31-21-18-16(13-10-17(23)20-24-6-7-29(20)12-13)11-25-19(18)27-22(28-21)26-14-2-4-15(5-3-14)32-9-8-30/h6-7,10-12,14-15,30H,2-5,8-9H2,1H3,(H2,25,26,27,28)/t14-,15-. The second-order valence-electron chi connectivity index (χ2n) is 7.93. The Balaban J connectivity index is 1.41. The largest absolute Gasteiger partial charge is 0.480 e. The topological polar surface area (TPSA) is 110 Å². The van der Waals surface area contributed by atoms with Crippen LogP contribution < -0.4 is 10.1 Å². The monoisotopic (exact) mass is 440 g/mol. The maximum atomic E-state index is 14.5. The number of pyridine rings is 1. The molecule has 0 atom stereocenters. The number of fused-ring (bicyclic) bond motifs is 2. The number of nitrogens with zero attached hydrogens (tertiary/aromatic N) is 4. The minimum Gasteiger partial charge on any atom is -0.480 e. The summed E-state index contributed by atoms with van der Waals surface area (Å²) in [5.41, 5.74) is 2.31. The van der Waals surface area contributed by atoms with Crippen molar-refractivity contribution in [2.75, 3.05) is 25.6 Å². The Kier molecular flexibility index (Phi) is 5.62. The van der Waals surface area contributed by atoms with E-state index in [4.69, 9.17) is 14.6 Å². The van der Waals surface area contributed by atoms with E-state index in [-0.39, 0.29) is 24.4 Å². The lowest BCUT2D eigenvalue weighted by atomic mass is 9.93. The number of H-pyrrole nitrogens is 1. The lowest BCUT2D eigenvalue weighted by Gasteiger charge is -2.29. The van der Waals surface area contributed by atoms with E-state index in [1.54, 1.807) is 30.1 Å². The lowest BCUT2D eigenvalue weighted by molar-refractivity contribution is 0.00719. The van der Waals surface area contributed by atoms with E-state index in [1.165, 1.54) is 6.07 Å². The number of methoxy groups -OCH3 is 1. The normalized spacial score (nSPS) is 19.0. The third-order valence-electron chi connectivity index (χ3n) is 5.90. The number of aliphatic hydroxyl groups excluding tert-OH is 1. The highest BCUT2D eigenvalue weighted by Crippen LogP contribution is 2.35. The SMILES string of the molecule is COc1nc(N[C@H]2CC[C@H](OCCO)CC2)nc2[nH]cc(-c3cc(F)c4nccn4c3)c12. The number of rotatable bonds is 7. The molecule has 0 bridgehead atoms. The van der Waals surface area contributed by atoms with E-state index in [1.807, 2.05) is 6.20 Å². The molecule has 0 aromatic carbocycles. The van der Waals surface area contributed by atoms with E-state index in [0.29, 0.717) is 35.0 Å². The molecule has 0 amide bonds. The number of aromatic amines is 1. The molecule has 0 unspecified atom stereocenters. The van der Waals surface area contributed by atoms with Gasteiger partial charge in [0.05, 0.1) is 31.8 Å². The predicted molar refractivity (Wildman–Crippen MR) is 117 cm³/mol. The molecule has 0 aliphatic heterocycles. The third-order valence-corrected chi connectivity index (χ3v) is 5.90. The highest BCUT2D eigenvalue weighted by molar-refractivity contribution is 5.97. The Morgan fingerprint density at radius 3 is 2.91 bits per heavy atom. The summed E-state index contributed by atoms with van der Waals surface area (Å²) in [5.74, 6) is 0.497. The van der Waals surface area contributed by atoms with Gasteiger partial charge < -0.3 is 29.3 Å². The maximum Gasteiger partial charge on any atom is 0.228 e. The summed E-state index contributed by atoms with van der Waals surface area (Å²) in [6.07, 6.45) is 10.8. The summed E-state index contributed by atoms with van der Waals surface area (Å²) in [7, 11) is 1.56. The highest BCUT2D eigenvalue weighted by Gasteiger charge is 2.23. The van der Waals surface area contributed by atoms with Crippen molar-refractivity contribution < 1.29 is 19.0 Å². The molecule has 4 heterocycles. The first kappa shape index (κ1) is 20.7. The summed E-state index contributed by atoms with van der Waals surface area (Å²) in [4.78, 5) is 16.4. The van der Waals surface area contributed by atoms with Crippen molar-refractivity contribution >= 4 is 22.6 Å². The maximum absolute atomic E-state index is 14.5. The molecule has 1 saturated carbocycles. The van der Waals surface area contributed by atoms with Crippen molar-refractivity contribution in [2.24, 2.45) is 0 Å². The van der Waals surface area contributed by atoms with Gasteiger partial charge in [-0.25, -0.2) is 9.37 Å². The molecule has 5 rings (SSSR count). The number of aliphatic hydroxyl groups is 1. The Morgan fingerprint density at radius 2 is 2.12 bits per heavy atom. The van der Waals surface area contributed by atoms with Crippen LogP contribution in [0, 0.1) is 5.82 Å². The van der Waals surface area contributed by atoms with Gasteiger partial charge in [0, 0.05) is 42.0 Å². The van der Waals surface area contributed by atoms with Crippen LogP contribution in [0.1, 0.15) is 25.7 Å². The van der Waals surface area contributed by atoms with E-state index in [2.05, 4.69) is 25.3 Å². The molecule has 0 radical (unpaired) electrons. The summed E-state index contributed by atoms with van der Waals surface area (Å²) in [6.45, 7) is 0.430. The van der Waals surface area contributed by atoms with Crippen molar-refractivity contribution in [2.45, 2.75) is 37.8 Å². The summed E-state index contributed by atoms with van der Waals surface area (Å²) < 4.78 is 27.3. The predicted octanol–water partition coefficient (Wildman–Crippen LogP) is 3.15. The van der Waals surface area contributed by atoms with E-state index >= 15 is 0 Å². The van der Waals surface area contributed by atoms with Crippen LogP contribution in [0.2, 0.25) is 0 Å². The van der Waals surface area contributed by atoms with Gasteiger partial charge in [-0.15, -0.1) is 0 Å². The second kappa shape index (κ2) is 8.71. The molecule has 168 valence electrons. The Morgan fingerprint density at radius 1 is 1.28 bits per heavy atom. The molecule has 0 spiro atoms. The van der Waals surface area contributed by atoms with Crippen molar-refractivity contribution in [1.29, 1.82) is 0 Å². The third kappa shape index (κ3) is 3.87. The van der Waals surface area contributed by atoms with Gasteiger partial charge in [-0.3, -0.25) is 0 Å². The van der Waals surface area contributed by atoms with Crippen LogP contribution in [0.15, 0.2) is 30.9 Å². The van der Waals surface area contributed by atoms with E-state index < -0.39 is 5.82 Å². The first-order valence-electron chi connectivity index (χ1n) is 10.7. The number of nitrogens with one attached hydrogen (secondary N) is 2. The zero-order valence-electron chi connectivity index (χ0n) is 17.7. The smallest absolute Gasteiger partial charge is 0.228 e. The first-order valence-corrected chi connectivity index (χ1v) is 10.7. The average Bonchev–Trinajstić information content (AvgIpc) is 3.45. The molecular formula is C22H25FN6O3. The molecule has 9 nitrogen and oxygen atoms in total. The number of hydrogen-bond donors (Lipinski definition) is 3. The van der Waals surface area contributed by atoms with Gasteiger partial charge in [-0.2, -0.15) is 9.97 Å². The minimum atomic E-state index is -0.404. The fourth-order valence-electron chi connectivity index (χ4n) is 4.35. The summed E-state index contributed by atoms with van der Waals surface area (Å²) in [6, 6.07) is 1.69. The van der Waals surface area contributed by atoms with Crippen LogP contribution in [0.3, 0.4) is 0 Å². The second-order valence-corrected chi connectivity index (χ2v) is 7.93. The van der Waals surface area contributed by atoms with Crippen molar-refractivity contribution in [3.8, 4) is 17.0 Å². The van der Waals surface area contributed by atoms with Crippen LogP contribution in [0.25, 0.3) is 27.8 Å². The number of halogens is 1. The Hall–Kier alpha value is -3.24. The van der Waals surface area contributed by atoms with Gasteiger partial charge in [0.1, 0.15) is 5.65 Å². The van der Waals surface area contributed by atoms with Crippen molar-refractivity contribution in [3.63, 3.8) is 0 Å². The van der Waals surface area contributed by atoms with E-state index in [9.17, 15) is 4.39 Å². The zero-order chi connectivity index (χ0) is 22.1. The quantitative estimate of drug-likeness (QED) is 0.405. The van der Waals surface area contributed by atoms with Crippen LogP contribution in [-0.2, 0) is 4.74 Å². The Bertz CT molecular complexity index is 1230. The van der Waals surface area contributed by atoms with Crippen molar-refractivity contribution in [3.05, 3.63) is 36.7 Å². The van der Waals surface area contributed by atoms with Gasteiger partial charge in [-0.05, 0) is 31.7 Å². The Labute approximate surface area is 183 Å². The molecule has 1 aliphatic carbocycles. The molecule has 32 heavy (non-hydrogen) atoms. The van der Waals surface area contributed by atoms with Crippen LogP contribution in [-0.4, -0.2) is 61.9 Å². The number of imidazole rings is 1. The average molecular weight is 440 g/mol. The number of ether oxygens (including phenoxy) is 2. The van der Waals surface area contributed by atoms with Crippen LogP contribution in [0.5, 0.6) is 5.88 Å². The van der Waals surface area contributed by atoms with Crippen molar-refractivity contribution in [1.82, 2.24) is 24.3 Å². The molecule has 1 fully saturated rings. The van der Waals surface area contributed by atoms with Crippen LogP contribution in [0.4, 0.5) is 10.3 Å². The van der Waals surface area contributed by atoms with Gasteiger partial charge in [-0.1, -0.05) is 0 Å². The zero-order valence-corrected chi connectivity index (χ0v) is 17.7. The number of hydrogen-bond acceptors (Lipinski definition) is 7. The fraction of sp³-hybridized carbons (Fsp3) is 0.409.